The van der Waals surface area contributed by atoms with Crippen molar-refractivity contribution in [2.75, 3.05) is 11.5 Å². The Morgan fingerprint density at radius 3 is 2.84 bits per heavy atom. The van der Waals surface area contributed by atoms with E-state index in [1.165, 1.54) is 12.0 Å². The molecule has 0 N–H and O–H groups in total. The fourth-order valence-corrected chi connectivity index (χ4v) is 3.50. The van der Waals surface area contributed by atoms with Crippen molar-refractivity contribution in [3.63, 3.8) is 0 Å². The van der Waals surface area contributed by atoms with Gasteiger partial charge in [0.2, 0.25) is 0 Å². The molecule has 3 unspecified atom stereocenters. The summed E-state index contributed by atoms with van der Waals surface area (Å²) in [6, 6.07) is 7.98. The van der Waals surface area contributed by atoms with Crippen LogP contribution in [0.25, 0.3) is 0 Å². The normalized spacial score (nSPS) is 25.2. The van der Waals surface area contributed by atoms with Crippen LogP contribution in [-0.2, 0) is 9.47 Å². The van der Waals surface area contributed by atoms with Crippen molar-refractivity contribution in [3.05, 3.63) is 34.9 Å². The van der Waals surface area contributed by atoms with E-state index in [1.807, 2.05) is 18.2 Å². The maximum Gasteiger partial charge on any atom is 0.0918 e. The lowest BCUT2D eigenvalue weighted by Crippen LogP contribution is -2.29. The van der Waals surface area contributed by atoms with Crippen LogP contribution < -0.4 is 0 Å². The van der Waals surface area contributed by atoms with Crippen LogP contribution in [0.15, 0.2) is 24.3 Å². The van der Waals surface area contributed by atoms with Gasteiger partial charge in [0.15, 0.2) is 0 Å². The Labute approximate surface area is 134 Å². The van der Waals surface area contributed by atoms with E-state index in [0.717, 1.165) is 28.7 Å². The van der Waals surface area contributed by atoms with Gasteiger partial charge >= 0.3 is 0 Å². The molecule has 1 aromatic rings. The topological polar surface area (TPSA) is 18.5 Å². The van der Waals surface area contributed by atoms with E-state index in [2.05, 4.69) is 28.7 Å². The lowest BCUT2D eigenvalue weighted by Gasteiger charge is -2.31. The zero-order valence-corrected chi connectivity index (χ0v) is 14.1. The lowest BCUT2D eigenvalue weighted by molar-refractivity contribution is -0.0578. The van der Waals surface area contributed by atoms with Crippen molar-refractivity contribution < 1.29 is 9.47 Å². The van der Waals surface area contributed by atoms with Crippen LogP contribution in [0, 0.1) is 0 Å². The molecule has 1 aliphatic rings. The maximum absolute atomic E-state index is 6.27. The minimum atomic E-state index is 0.125. The second kappa shape index (κ2) is 7.81. The number of methoxy groups -OCH3 is 1. The Morgan fingerprint density at radius 1 is 1.37 bits per heavy atom. The molecule has 1 fully saturated rings. The molecule has 0 aromatic heterocycles. The Balaban J connectivity index is 1.99. The second-order valence-corrected chi connectivity index (χ2v) is 6.30. The van der Waals surface area contributed by atoms with Gasteiger partial charge in [-0.1, -0.05) is 46.3 Å². The van der Waals surface area contributed by atoms with Crippen molar-refractivity contribution in [2.24, 2.45) is 0 Å². The summed E-state index contributed by atoms with van der Waals surface area (Å²) in [4.78, 5) is 0. The minimum Gasteiger partial charge on any atom is -0.381 e. The average molecular weight is 395 g/mol. The number of ether oxygens (including phenoxy) is 2. The highest BCUT2D eigenvalue weighted by Gasteiger charge is 2.25. The van der Waals surface area contributed by atoms with Crippen LogP contribution in [0.5, 0.6) is 0 Å². The van der Waals surface area contributed by atoms with Crippen LogP contribution in [-0.4, -0.2) is 23.7 Å². The van der Waals surface area contributed by atoms with Gasteiger partial charge in [-0.25, -0.2) is 0 Å². The van der Waals surface area contributed by atoms with Gasteiger partial charge in [-0.2, -0.15) is 0 Å². The molecular weight excluding hydrogens is 375 g/mol. The summed E-state index contributed by atoms with van der Waals surface area (Å²) in [5, 5.41) is 0.773. The molecule has 2 rings (SSSR count). The Bertz CT molecular complexity index is 399. The molecule has 1 aliphatic carbocycles. The molecule has 1 saturated carbocycles. The summed E-state index contributed by atoms with van der Waals surface area (Å²) < 4.78 is 12.7. The molecule has 106 valence electrons. The molecule has 1 aromatic carbocycles. The van der Waals surface area contributed by atoms with Crippen LogP contribution in [0.1, 0.15) is 37.4 Å². The molecular formula is C15H20ClIO2. The Hall–Kier alpha value is 0.160. The van der Waals surface area contributed by atoms with E-state index in [1.54, 1.807) is 7.11 Å². The molecule has 0 amide bonds. The standard InChI is InChI=1S/C15H20ClIO2/c1-18-13-6-3-7-14(9-13)19-15(10-17)11-4-2-5-12(16)8-11/h2,4-5,8,13-15H,3,6-7,9-10H2,1H3. The average Bonchev–Trinajstić information content (AvgIpc) is 2.45. The smallest absolute Gasteiger partial charge is 0.0918 e. The number of rotatable bonds is 5. The SMILES string of the molecule is COC1CCCC(OC(CI)c2cccc(Cl)c2)C1. The third-order valence-electron chi connectivity index (χ3n) is 3.63. The van der Waals surface area contributed by atoms with Gasteiger partial charge in [-0.3, -0.25) is 0 Å². The number of hydrogen-bond donors (Lipinski definition) is 0. The predicted octanol–water partition coefficient (Wildman–Crippen LogP) is 4.79. The maximum atomic E-state index is 6.27. The summed E-state index contributed by atoms with van der Waals surface area (Å²) in [5.41, 5.74) is 1.17. The zero-order chi connectivity index (χ0) is 13.7. The third-order valence-corrected chi connectivity index (χ3v) is 4.66. The van der Waals surface area contributed by atoms with Crippen molar-refractivity contribution in [1.29, 1.82) is 0 Å². The molecule has 0 radical (unpaired) electrons. The molecule has 0 aliphatic heterocycles. The third kappa shape index (κ3) is 4.59. The molecule has 0 bridgehead atoms. The zero-order valence-electron chi connectivity index (χ0n) is 11.1. The monoisotopic (exact) mass is 394 g/mol. The van der Waals surface area contributed by atoms with Crippen LogP contribution in [0.3, 0.4) is 0 Å². The summed E-state index contributed by atoms with van der Waals surface area (Å²) in [7, 11) is 1.79. The highest BCUT2D eigenvalue weighted by molar-refractivity contribution is 14.1. The highest BCUT2D eigenvalue weighted by Crippen LogP contribution is 2.30. The van der Waals surface area contributed by atoms with E-state index in [-0.39, 0.29) is 6.10 Å². The molecule has 0 heterocycles. The molecule has 2 nitrogen and oxygen atoms in total. The van der Waals surface area contributed by atoms with E-state index < -0.39 is 0 Å². The van der Waals surface area contributed by atoms with Crippen LogP contribution >= 0.6 is 34.2 Å². The van der Waals surface area contributed by atoms with E-state index in [9.17, 15) is 0 Å². The van der Waals surface area contributed by atoms with Gasteiger partial charge in [-0.15, -0.1) is 0 Å². The first-order valence-corrected chi connectivity index (χ1v) is 8.63. The molecule has 0 spiro atoms. The number of halogens is 2. The molecule has 19 heavy (non-hydrogen) atoms. The minimum absolute atomic E-state index is 0.125. The summed E-state index contributed by atoms with van der Waals surface area (Å²) in [6.07, 6.45) is 5.26. The number of benzene rings is 1. The fraction of sp³-hybridized carbons (Fsp3) is 0.600. The van der Waals surface area contributed by atoms with Gasteiger partial charge in [0.25, 0.3) is 0 Å². The van der Waals surface area contributed by atoms with Gasteiger partial charge in [0.1, 0.15) is 0 Å². The first kappa shape index (κ1) is 15.5. The summed E-state index contributed by atoms with van der Waals surface area (Å²) >= 11 is 8.43. The van der Waals surface area contributed by atoms with Crippen LogP contribution in [0.2, 0.25) is 5.02 Å². The number of alkyl halides is 1. The Morgan fingerprint density at radius 2 is 2.16 bits per heavy atom. The fourth-order valence-electron chi connectivity index (χ4n) is 2.58. The van der Waals surface area contributed by atoms with Crippen molar-refractivity contribution >= 4 is 34.2 Å². The molecule has 0 saturated heterocycles. The van der Waals surface area contributed by atoms with E-state index in [0.29, 0.717) is 12.2 Å². The van der Waals surface area contributed by atoms with Gasteiger partial charge < -0.3 is 9.47 Å². The Kier molecular flexibility index (Phi) is 6.39. The lowest BCUT2D eigenvalue weighted by atomic mass is 9.94. The van der Waals surface area contributed by atoms with Crippen molar-refractivity contribution in [3.8, 4) is 0 Å². The quantitative estimate of drug-likeness (QED) is 0.528. The van der Waals surface area contributed by atoms with Crippen molar-refractivity contribution in [1.82, 2.24) is 0 Å². The van der Waals surface area contributed by atoms with E-state index >= 15 is 0 Å². The van der Waals surface area contributed by atoms with Crippen molar-refractivity contribution in [2.45, 2.75) is 44.0 Å². The number of hydrogen-bond acceptors (Lipinski definition) is 2. The largest absolute Gasteiger partial charge is 0.381 e. The van der Waals surface area contributed by atoms with Crippen LogP contribution in [0.4, 0.5) is 0 Å². The highest BCUT2D eigenvalue weighted by atomic mass is 127. The predicted molar refractivity (Wildman–Crippen MR) is 87.2 cm³/mol. The second-order valence-electron chi connectivity index (χ2n) is 4.98. The summed E-state index contributed by atoms with van der Waals surface area (Å²) in [5.74, 6) is 0. The van der Waals surface area contributed by atoms with Gasteiger partial charge in [0.05, 0.1) is 18.3 Å². The molecule has 3 atom stereocenters. The molecule has 4 heteroatoms. The van der Waals surface area contributed by atoms with Gasteiger partial charge in [-0.05, 0) is 43.4 Å². The summed E-state index contributed by atoms with van der Waals surface area (Å²) in [6.45, 7) is 0. The first-order valence-electron chi connectivity index (χ1n) is 6.72. The van der Waals surface area contributed by atoms with E-state index in [4.69, 9.17) is 21.1 Å². The van der Waals surface area contributed by atoms with Gasteiger partial charge in [0, 0.05) is 16.6 Å². The first-order chi connectivity index (χ1) is 9.22.